The molecule has 2 amide bonds. The Hall–Kier alpha value is -3.27. The molecule has 3 aromatic carbocycles. The summed E-state index contributed by atoms with van der Waals surface area (Å²) >= 11 is 12.9. The van der Waals surface area contributed by atoms with Crippen LogP contribution in [0.5, 0.6) is 5.75 Å². The molecule has 0 heterocycles. The summed E-state index contributed by atoms with van der Waals surface area (Å²) in [5.74, 6) is -0.407. The summed E-state index contributed by atoms with van der Waals surface area (Å²) in [5, 5.41) is 3.51. The van der Waals surface area contributed by atoms with Gasteiger partial charge in [0.05, 0.1) is 17.7 Å². The fourth-order valence-corrected chi connectivity index (χ4v) is 6.19. The van der Waals surface area contributed by atoms with Crippen LogP contribution in [0.25, 0.3) is 0 Å². The van der Waals surface area contributed by atoms with E-state index in [1.54, 1.807) is 61.5 Å². The van der Waals surface area contributed by atoms with Crippen molar-refractivity contribution in [2.24, 2.45) is 0 Å². The van der Waals surface area contributed by atoms with Crippen LogP contribution in [0.15, 0.2) is 71.6 Å². The summed E-state index contributed by atoms with van der Waals surface area (Å²) in [5.41, 5.74) is 1.62. The van der Waals surface area contributed by atoms with Crippen molar-refractivity contribution in [3.05, 3.63) is 87.9 Å². The van der Waals surface area contributed by atoms with Gasteiger partial charge < -0.3 is 15.0 Å². The fourth-order valence-electron chi connectivity index (χ4n) is 4.25. The monoisotopic (exact) mass is 619 g/mol. The largest absolute Gasteiger partial charge is 0.497 e. The van der Waals surface area contributed by atoms with Gasteiger partial charge in [0, 0.05) is 28.7 Å². The number of halogens is 2. The number of amides is 2. The lowest BCUT2D eigenvalue weighted by Crippen LogP contribution is -2.52. The molecule has 220 valence electrons. The topological polar surface area (TPSA) is 96.0 Å². The van der Waals surface area contributed by atoms with Crippen LogP contribution in [0.4, 0.5) is 5.69 Å². The molecule has 0 radical (unpaired) electrons. The van der Waals surface area contributed by atoms with Crippen molar-refractivity contribution in [3.8, 4) is 5.75 Å². The van der Waals surface area contributed by atoms with Crippen molar-refractivity contribution in [1.29, 1.82) is 0 Å². The number of nitrogens with zero attached hydrogens (tertiary/aromatic N) is 2. The van der Waals surface area contributed by atoms with Crippen LogP contribution >= 0.6 is 23.2 Å². The minimum Gasteiger partial charge on any atom is -0.497 e. The summed E-state index contributed by atoms with van der Waals surface area (Å²) < 4.78 is 34.2. The predicted octanol–water partition coefficient (Wildman–Crippen LogP) is 5.84. The van der Waals surface area contributed by atoms with E-state index in [1.165, 1.54) is 24.1 Å². The number of carbonyl (C=O) groups excluding carboxylic acids is 2. The van der Waals surface area contributed by atoms with E-state index < -0.39 is 28.5 Å². The molecule has 8 nitrogen and oxygen atoms in total. The molecule has 0 saturated carbocycles. The number of benzene rings is 3. The minimum absolute atomic E-state index is 0.0279. The Kier molecular flexibility index (Phi) is 11.5. The highest BCUT2D eigenvalue weighted by Gasteiger charge is 2.34. The van der Waals surface area contributed by atoms with Crippen LogP contribution in [0, 0.1) is 6.92 Å². The molecule has 0 fully saturated rings. The molecule has 0 saturated heterocycles. The lowest BCUT2D eigenvalue weighted by Gasteiger charge is -2.33. The second kappa shape index (κ2) is 14.6. The number of methoxy groups -OCH3 is 1. The van der Waals surface area contributed by atoms with Gasteiger partial charge in [0.2, 0.25) is 11.8 Å². The van der Waals surface area contributed by atoms with Crippen LogP contribution in [0.2, 0.25) is 10.0 Å². The molecule has 0 aliphatic heterocycles. The first kappa shape index (κ1) is 32.2. The Morgan fingerprint density at radius 3 is 2.10 bits per heavy atom. The van der Waals surface area contributed by atoms with Gasteiger partial charge in [-0.05, 0) is 68.3 Å². The molecule has 0 aliphatic rings. The Morgan fingerprint density at radius 2 is 1.56 bits per heavy atom. The number of carbonyl (C=O) groups is 2. The third-order valence-electron chi connectivity index (χ3n) is 6.57. The molecule has 1 unspecified atom stereocenters. The molecule has 41 heavy (non-hydrogen) atoms. The zero-order valence-corrected chi connectivity index (χ0v) is 25.9. The van der Waals surface area contributed by atoms with Crippen molar-refractivity contribution in [1.82, 2.24) is 10.2 Å². The SMILES string of the molecule is CCCNC(=O)C(CC)N(Cc1c(Cl)cccc1Cl)C(=O)CN(c1ccc(OC)cc1)S(=O)(=O)c1ccc(C)cc1. The van der Waals surface area contributed by atoms with Crippen LogP contribution in [0.3, 0.4) is 0 Å². The summed E-state index contributed by atoms with van der Waals surface area (Å²) in [4.78, 5) is 28.7. The smallest absolute Gasteiger partial charge is 0.264 e. The number of nitrogens with one attached hydrogen (secondary N) is 1. The average molecular weight is 621 g/mol. The zero-order valence-electron chi connectivity index (χ0n) is 23.6. The maximum absolute atomic E-state index is 14.1. The van der Waals surface area contributed by atoms with Crippen molar-refractivity contribution in [3.63, 3.8) is 0 Å². The lowest BCUT2D eigenvalue weighted by molar-refractivity contribution is -0.140. The normalized spacial score (nSPS) is 12.0. The van der Waals surface area contributed by atoms with Crippen molar-refractivity contribution < 1.29 is 22.7 Å². The number of ether oxygens (including phenoxy) is 1. The molecule has 11 heteroatoms. The highest BCUT2D eigenvalue weighted by Crippen LogP contribution is 2.29. The number of hydrogen-bond acceptors (Lipinski definition) is 5. The Balaban J connectivity index is 2.09. The van der Waals surface area contributed by atoms with Gasteiger partial charge in [-0.25, -0.2) is 8.42 Å². The Morgan fingerprint density at radius 1 is 0.951 bits per heavy atom. The maximum atomic E-state index is 14.1. The number of sulfonamides is 1. The average Bonchev–Trinajstić information content (AvgIpc) is 2.96. The number of aryl methyl sites for hydroxylation is 1. The second-order valence-corrected chi connectivity index (χ2v) is 12.1. The van der Waals surface area contributed by atoms with Crippen molar-refractivity contribution >= 4 is 50.7 Å². The Labute approximate surface area is 252 Å². The quantitative estimate of drug-likeness (QED) is 0.259. The second-order valence-electron chi connectivity index (χ2n) is 9.46. The fraction of sp³-hybridized carbons (Fsp3) is 0.333. The van der Waals surface area contributed by atoms with E-state index in [4.69, 9.17) is 27.9 Å². The van der Waals surface area contributed by atoms with Gasteiger partial charge in [-0.3, -0.25) is 13.9 Å². The zero-order chi connectivity index (χ0) is 30.2. The van der Waals surface area contributed by atoms with E-state index in [-0.39, 0.29) is 29.5 Å². The van der Waals surface area contributed by atoms with Gasteiger partial charge >= 0.3 is 0 Å². The van der Waals surface area contributed by atoms with Gasteiger partial charge in [0.1, 0.15) is 18.3 Å². The van der Waals surface area contributed by atoms with E-state index in [1.807, 2.05) is 13.8 Å². The summed E-state index contributed by atoms with van der Waals surface area (Å²) in [6, 6.07) is 16.8. The van der Waals surface area contributed by atoms with Crippen LogP contribution in [-0.2, 0) is 26.2 Å². The number of rotatable bonds is 13. The molecule has 0 aliphatic carbocycles. The van der Waals surface area contributed by atoms with Gasteiger partial charge in [-0.2, -0.15) is 0 Å². The lowest BCUT2D eigenvalue weighted by atomic mass is 10.1. The molecule has 1 N–H and O–H groups in total. The highest BCUT2D eigenvalue weighted by molar-refractivity contribution is 7.92. The van der Waals surface area contributed by atoms with Gasteiger partial charge in [-0.1, -0.05) is 60.8 Å². The highest BCUT2D eigenvalue weighted by atomic mass is 35.5. The van der Waals surface area contributed by atoms with Crippen molar-refractivity contribution in [2.75, 3.05) is 24.5 Å². The summed E-state index contributed by atoms with van der Waals surface area (Å²) in [6.45, 7) is 5.35. The molecular weight excluding hydrogens is 585 g/mol. The van der Waals surface area contributed by atoms with Crippen LogP contribution in [-0.4, -0.2) is 51.4 Å². The molecule has 3 aromatic rings. The summed E-state index contributed by atoms with van der Waals surface area (Å²) in [7, 11) is -2.68. The first-order chi connectivity index (χ1) is 19.5. The molecule has 0 aromatic heterocycles. The van der Waals surface area contributed by atoms with Gasteiger partial charge in [0.25, 0.3) is 10.0 Å². The van der Waals surface area contributed by atoms with Gasteiger partial charge in [-0.15, -0.1) is 0 Å². The summed E-state index contributed by atoms with van der Waals surface area (Å²) in [6.07, 6.45) is 1.00. The van der Waals surface area contributed by atoms with E-state index >= 15 is 0 Å². The van der Waals surface area contributed by atoms with E-state index in [0.717, 1.165) is 9.87 Å². The molecule has 0 spiro atoms. The van der Waals surface area contributed by atoms with Crippen molar-refractivity contribution in [2.45, 2.75) is 51.1 Å². The third-order valence-corrected chi connectivity index (χ3v) is 9.07. The van der Waals surface area contributed by atoms with Gasteiger partial charge in [0.15, 0.2) is 0 Å². The molecule has 3 rings (SSSR count). The minimum atomic E-state index is -4.18. The standard InChI is InChI=1S/C30H35Cl2N3O5S/c1-5-18-33-30(37)28(6-2)34(19-25-26(31)8-7-9-27(25)32)29(36)20-35(22-12-14-23(40-4)15-13-22)41(38,39)24-16-10-21(3)11-17-24/h7-17,28H,5-6,18-20H2,1-4H3,(H,33,37). The maximum Gasteiger partial charge on any atom is 0.264 e. The first-order valence-corrected chi connectivity index (χ1v) is 15.5. The first-order valence-electron chi connectivity index (χ1n) is 13.3. The van der Waals surface area contributed by atoms with E-state index in [2.05, 4.69) is 5.32 Å². The van der Waals surface area contributed by atoms with Crippen LogP contribution in [0.1, 0.15) is 37.8 Å². The van der Waals surface area contributed by atoms with E-state index in [9.17, 15) is 18.0 Å². The van der Waals surface area contributed by atoms with Crippen LogP contribution < -0.4 is 14.4 Å². The predicted molar refractivity (Wildman–Crippen MR) is 163 cm³/mol. The molecular formula is C30H35Cl2N3O5S. The molecule has 1 atom stereocenters. The molecule has 0 bridgehead atoms. The Bertz CT molecular complexity index is 1430. The number of hydrogen-bond donors (Lipinski definition) is 1. The number of anilines is 1. The third kappa shape index (κ3) is 7.93. The van der Waals surface area contributed by atoms with E-state index in [0.29, 0.717) is 34.3 Å².